The Morgan fingerprint density at radius 1 is 1.22 bits per heavy atom. The first kappa shape index (κ1) is 17.0. The van der Waals surface area contributed by atoms with Gasteiger partial charge in [-0.25, -0.2) is 0 Å². The Morgan fingerprint density at radius 3 is 2.74 bits per heavy atom. The highest BCUT2D eigenvalue weighted by Gasteiger charge is 2.33. The van der Waals surface area contributed by atoms with Crippen LogP contribution in [0.2, 0.25) is 0 Å². The lowest BCUT2D eigenvalue weighted by molar-refractivity contribution is 0.0239. The zero-order valence-corrected chi connectivity index (χ0v) is 14.2. The first-order valence-corrected chi connectivity index (χ1v) is 8.95. The molecular formula is C18H30N2O3. The Morgan fingerprint density at radius 2 is 2.00 bits per heavy atom. The van der Waals surface area contributed by atoms with E-state index in [1.807, 2.05) is 6.07 Å². The number of aliphatic hydroxyl groups excluding tert-OH is 1. The SMILES string of the molecule is COCc1ccc(CN2CCN(C3CCCC3)[C@H](CCO)C2)o1. The number of rotatable bonds is 7. The molecule has 1 saturated heterocycles. The molecule has 0 unspecified atom stereocenters. The van der Waals surface area contributed by atoms with Crippen molar-refractivity contribution in [3.8, 4) is 0 Å². The molecule has 0 spiro atoms. The van der Waals surface area contributed by atoms with Crippen molar-refractivity contribution in [2.75, 3.05) is 33.4 Å². The fourth-order valence-corrected chi connectivity index (χ4v) is 4.15. The molecule has 1 aliphatic carbocycles. The molecule has 2 aliphatic rings. The predicted octanol–water partition coefficient (Wildman–Crippen LogP) is 2.24. The third-order valence-electron chi connectivity index (χ3n) is 5.25. The van der Waals surface area contributed by atoms with Crippen molar-refractivity contribution in [3.63, 3.8) is 0 Å². The Kier molecular flexibility index (Phi) is 6.11. The van der Waals surface area contributed by atoms with E-state index < -0.39 is 0 Å². The predicted molar refractivity (Wildman–Crippen MR) is 89.2 cm³/mol. The Hall–Kier alpha value is -0.880. The molecule has 3 rings (SSSR count). The van der Waals surface area contributed by atoms with Gasteiger partial charge in [0.1, 0.15) is 18.1 Å². The third-order valence-corrected chi connectivity index (χ3v) is 5.25. The lowest BCUT2D eigenvalue weighted by atomic mass is 10.0. The van der Waals surface area contributed by atoms with Crippen LogP contribution in [-0.4, -0.2) is 60.3 Å². The summed E-state index contributed by atoms with van der Waals surface area (Å²) in [5.74, 6) is 1.90. The Bertz CT molecular complexity index is 471. The number of nitrogens with zero attached hydrogens (tertiary/aromatic N) is 2. The van der Waals surface area contributed by atoms with E-state index in [-0.39, 0.29) is 6.61 Å². The summed E-state index contributed by atoms with van der Waals surface area (Å²) in [5.41, 5.74) is 0. The highest BCUT2D eigenvalue weighted by Crippen LogP contribution is 2.28. The average Bonchev–Trinajstić information content (AvgIpc) is 3.21. The maximum Gasteiger partial charge on any atom is 0.129 e. The van der Waals surface area contributed by atoms with E-state index in [2.05, 4.69) is 15.9 Å². The standard InChI is InChI=1S/C18H30N2O3/c1-22-14-18-7-6-17(23-18)13-19-9-10-20(15-4-2-3-5-15)16(12-19)8-11-21/h6-7,15-16,21H,2-5,8-14H2,1H3/t16-/m1/s1. The summed E-state index contributed by atoms with van der Waals surface area (Å²) < 4.78 is 10.9. The summed E-state index contributed by atoms with van der Waals surface area (Å²) in [4.78, 5) is 5.12. The summed E-state index contributed by atoms with van der Waals surface area (Å²) in [6, 6.07) is 5.27. The van der Waals surface area contributed by atoms with Crippen LogP contribution in [0.5, 0.6) is 0 Å². The van der Waals surface area contributed by atoms with E-state index in [4.69, 9.17) is 9.15 Å². The van der Waals surface area contributed by atoms with Gasteiger partial charge in [-0.3, -0.25) is 9.80 Å². The van der Waals surface area contributed by atoms with Gasteiger partial charge in [-0.15, -0.1) is 0 Å². The van der Waals surface area contributed by atoms with Crippen LogP contribution < -0.4 is 0 Å². The van der Waals surface area contributed by atoms with Crippen LogP contribution in [0.3, 0.4) is 0 Å². The largest absolute Gasteiger partial charge is 0.462 e. The van der Waals surface area contributed by atoms with Crippen molar-refractivity contribution >= 4 is 0 Å². The van der Waals surface area contributed by atoms with Crippen molar-refractivity contribution in [2.24, 2.45) is 0 Å². The fourth-order valence-electron chi connectivity index (χ4n) is 4.15. The second kappa shape index (κ2) is 8.29. The van der Waals surface area contributed by atoms with Gasteiger partial charge in [0.2, 0.25) is 0 Å². The van der Waals surface area contributed by atoms with Crippen molar-refractivity contribution in [1.82, 2.24) is 9.80 Å². The molecule has 1 saturated carbocycles. The highest BCUT2D eigenvalue weighted by molar-refractivity contribution is 5.07. The second-order valence-electron chi connectivity index (χ2n) is 6.88. The number of piperazine rings is 1. The smallest absolute Gasteiger partial charge is 0.129 e. The van der Waals surface area contributed by atoms with Gasteiger partial charge in [0.25, 0.3) is 0 Å². The Labute approximate surface area is 139 Å². The summed E-state index contributed by atoms with van der Waals surface area (Å²) in [6.07, 6.45) is 6.28. The molecule has 1 N–H and O–H groups in total. The van der Waals surface area contributed by atoms with E-state index >= 15 is 0 Å². The zero-order valence-electron chi connectivity index (χ0n) is 14.2. The molecule has 2 fully saturated rings. The van der Waals surface area contributed by atoms with Gasteiger partial charge in [-0.05, 0) is 31.4 Å². The minimum atomic E-state index is 0.278. The van der Waals surface area contributed by atoms with Gasteiger partial charge < -0.3 is 14.3 Å². The summed E-state index contributed by atoms with van der Waals surface area (Å²) in [6.45, 7) is 4.88. The molecule has 5 nitrogen and oxygen atoms in total. The molecule has 0 aromatic carbocycles. The second-order valence-corrected chi connectivity index (χ2v) is 6.88. The van der Waals surface area contributed by atoms with Crippen LogP contribution in [0.4, 0.5) is 0 Å². The maximum absolute atomic E-state index is 9.44. The monoisotopic (exact) mass is 322 g/mol. The topological polar surface area (TPSA) is 49.1 Å². The first-order valence-electron chi connectivity index (χ1n) is 8.95. The van der Waals surface area contributed by atoms with Crippen LogP contribution in [-0.2, 0) is 17.9 Å². The zero-order chi connectivity index (χ0) is 16.1. The normalized spacial score (nSPS) is 24.5. The number of hydrogen-bond acceptors (Lipinski definition) is 5. The molecule has 0 radical (unpaired) electrons. The van der Waals surface area contributed by atoms with Crippen LogP contribution >= 0.6 is 0 Å². The van der Waals surface area contributed by atoms with Gasteiger partial charge >= 0.3 is 0 Å². The molecule has 1 aromatic rings. The molecular weight excluding hydrogens is 292 g/mol. The summed E-state index contributed by atoms with van der Waals surface area (Å²) in [7, 11) is 1.68. The number of aliphatic hydroxyl groups is 1. The fraction of sp³-hybridized carbons (Fsp3) is 0.778. The van der Waals surface area contributed by atoms with E-state index in [0.29, 0.717) is 12.6 Å². The Balaban J connectivity index is 1.57. The number of hydrogen-bond donors (Lipinski definition) is 1. The molecule has 0 amide bonds. The van der Waals surface area contributed by atoms with Crippen LogP contribution in [0.1, 0.15) is 43.6 Å². The molecule has 0 bridgehead atoms. The van der Waals surface area contributed by atoms with Crippen molar-refractivity contribution in [1.29, 1.82) is 0 Å². The molecule has 5 heteroatoms. The molecule has 130 valence electrons. The lowest BCUT2D eigenvalue weighted by Gasteiger charge is -2.44. The third kappa shape index (κ3) is 4.35. The minimum Gasteiger partial charge on any atom is -0.462 e. The first-order chi connectivity index (χ1) is 11.3. The molecule has 1 atom stereocenters. The minimum absolute atomic E-state index is 0.278. The quantitative estimate of drug-likeness (QED) is 0.834. The molecule has 2 heterocycles. The van der Waals surface area contributed by atoms with E-state index in [1.54, 1.807) is 7.11 Å². The van der Waals surface area contributed by atoms with E-state index in [0.717, 1.165) is 50.2 Å². The summed E-state index contributed by atoms with van der Waals surface area (Å²) >= 11 is 0. The number of ether oxygens (including phenoxy) is 1. The molecule has 1 aromatic heterocycles. The number of furan rings is 1. The van der Waals surface area contributed by atoms with E-state index in [9.17, 15) is 5.11 Å². The van der Waals surface area contributed by atoms with Gasteiger partial charge in [-0.1, -0.05) is 12.8 Å². The average molecular weight is 322 g/mol. The van der Waals surface area contributed by atoms with Gasteiger partial charge in [0, 0.05) is 45.4 Å². The number of methoxy groups -OCH3 is 1. The van der Waals surface area contributed by atoms with Crippen molar-refractivity contribution in [3.05, 3.63) is 23.7 Å². The van der Waals surface area contributed by atoms with Crippen molar-refractivity contribution < 1.29 is 14.3 Å². The van der Waals surface area contributed by atoms with Crippen LogP contribution in [0.15, 0.2) is 16.5 Å². The summed E-state index contributed by atoms with van der Waals surface area (Å²) in [5, 5.41) is 9.44. The molecule has 1 aliphatic heterocycles. The van der Waals surface area contributed by atoms with Gasteiger partial charge in [-0.2, -0.15) is 0 Å². The maximum atomic E-state index is 9.44. The van der Waals surface area contributed by atoms with Crippen LogP contribution in [0.25, 0.3) is 0 Å². The highest BCUT2D eigenvalue weighted by atomic mass is 16.5. The van der Waals surface area contributed by atoms with Crippen LogP contribution in [0, 0.1) is 0 Å². The van der Waals surface area contributed by atoms with Gasteiger partial charge in [0.05, 0.1) is 6.54 Å². The van der Waals surface area contributed by atoms with Crippen molar-refractivity contribution in [2.45, 2.75) is 57.3 Å². The molecule has 23 heavy (non-hydrogen) atoms. The lowest BCUT2D eigenvalue weighted by Crippen LogP contribution is -2.55. The van der Waals surface area contributed by atoms with E-state index in [1.165, 1.54) is 25.7 Å². The van der Waals surface area contributed by atoms with Gasteiger partial charge in [0.15, 0.2) is 0 Å².